The number of nitrogens with one attached hydrogen (secondary N) is 2. The molecule has 110 valence electrons. The molecule has 1 aromatic carbocycles. The van der Waals surface area contributed by atoms with Crippen LogP contribution in [0.25, 0.3) is 0 Å². The van der Waals surface area contributed by atoms with Crippen LogP contribution in [0.4, 0.5) is 11.5 Å². The number of carbonyl (C=O) groups excluding carboxylic acids is 1. The van der Waals surface area contributed by atoms with Crippen molar-refractivity contribution < 1.29 is 9.53 Å². The number of hydrogen-bond donors (Lipinski definition) is 2. The van der Waals surface area contributed by atoms with Gasteiger partial charge < -0.3 is 10.1 Å². The molecular formula is C14H16N4O3. The predicted molar refractivity (Wildman–Crippen MR) is 77.5 cm³/mol. The van der Waals surface area contributed by atoms with Crippen LogP contribution in [0, 0.1) is 5.92 Å². The van der Waals surface area contributed by atoms with Crippen molar-refractivity contribution in [3.8, 4) is 0 Å². The maximum Gasteiger partial charge on any atom is 0.363 e. The molecule has 0 aliphatic rings. The van der Waals surface area contributed by atoms with Crippen LogP contribution in [0.5, 0.6) is 0 Å². The van der Waals surface area contributed by atoms with Gasteiger partial charge in [-0.15, -0.1) is 0 Å². The number of rotatable bonds is 5. The van der Waals surface area contributed by atoms with Crippen LogP contribution in [0.15, 0.2) is 35.3 Å². The summed E-state index contributed by atoms with van der Waals surface area (Å²) >= 11 is 0. The molecule has 7 heteroatoms. The van der Waals surface area contributed by atoms with Crippen molar-refractivity contribution >= 4 is 17.5 Å². The smallest absolute Gasteiger partial charge is 0.363 e. The molecule has 0 amide bonds. The summed E-state index contributed by atoms with van der Waals surface area (Å²) in [5.74, 6) is 0.268. The van der Waals surface area contributed by atoms with Gasteiger partial charge in [0, 0.05) is 5.69 Å². The fourth-order valence-corrected chi connectivity index (χ4v) is 1.54. The minimum atomic E-state index is -0.533. The Balaban J connectivity index is 2.02. The van der Waals surface area contributed by atoms with Gasteiger partial charge in [-0.2, -0.15) is 10.1 Å². The number of hydrogen-bond acceptors (Lipinski definition) is 6. The van der Waals surface area contributed by atoms with Gasteiger partial charge in [-0.3, -0.25) is 0 Å². The molecule has 0 saturated carbocycles. The largest absolute Gasteiger partial charge is 0.462 e. The van der Waals surface area contributed by atoms with Crippen molar-refractivity contribution in [2.75, 3.05) is 11.9 Å². The Morgan fingerprint density at radius 3 is 2.67 bits per heavy atom. The van der Waals surface area contributed by atoms with Gasteiger partial charge in [-0.1, -0.05) is 13.8 Å². The fraction of sp³-hybridized carbons (Fsp3) is 0.286. The van der Waals surface area contributed by atoms with E-state index in [1.54, 1.807) is 24.3 Å². The molecule has 2 rings (SSSR count). The molecule has 1 heterocycles. The number of carbonyl (C=O) groups is 1. The molecule has 0 fully saturated rings. The molecule has 2 N–H and O–H groups in total. The SMILES string of the molecule is CC(C)COC(=O)c1ccc(Nc2cn[nH]c(=O)n2)cc1. The molecule has 0 aliphatic heterocycles. The van der Waals surface area contributed by atoms with Crippen LogP contribution >= 0.6 is 0 Å². The van der Waals surface area contributed by atoms with Crippen LogP contribution < -0.4 is 11.0 Å². The number of H-pyrrole nitrogens is 1. The average Bonchev–Trinajstić information content (AvgIpc) is 2.45. The molecule has 0 saturated heterocycles. The van der Waals surface area contributed by atoms with E-state index < -0.39 is 5.69 Å². The monoisotopic (exact) mass is 288 g/mol. The number of nitrogens with zero attached hydrogens (tertiary/aromatic N) is 2. The van der Waals surface area contributed by atoms with Crippen molar-refractivity contribution in [2.45, 2.75) is 13.8 Å². The lowest BCUT2D eigenvalue weighted by molar-refractivity contribution is 0.0459. The Labute approximate surface area is 121 Å². The summed E-state index contributed by atoms with van der Waals surface area (Å²) in [6, 6.07) is 6.70. The lowest BCUT2D eigenvalue weighted by Crippen LogP contribution is -2.13. The van der Waals surface area contributed by atoms with Gasteiger partial charge in [-0.25, -0.2) is 14.7 Å². The predicted octanol–water partition coefficient (Wildman–Crippen LogP) is 1.72. The van der Waals surface area contributed by atoms with Crippen molar-refractivity contribution in [2.24, 2.45) is 5.92 Å². The highest BCUT2D eigenvalue weighted by molar-refractivity contribution is 5.89. The van der Waals surface area contributed by atoms with Gasteiger partial charge in [0.2, 0.25) is 0 Å². The Morgan fingerprint density at radius 2 is 2.05 bits per heavy atom. The van der Waals surface area contributed by atoms with Crippen molar-refractivity contribution in [1.82, 2.24) is 15.2 Å². The number of ether oxygens (including phenoxy) is 1. The molecule has 2 aromatic rings. The first kappa shape index (κ1) is 14.7. The first-order valence-corrected chi connectivity index (χ1v) is 6.50. The molecule has 0 bridgehead atoms. The summed E-state index contributed by atoms with van der Waals surface area (Å²) < 4.78 is 5.14. The van der Waals surface area contributed by atoms with E-state index >= 15 is 0 Å². The minimum absolute atomic E-state index is 0.296. The molecule has 0 radical (unpaired) electrons. The number of benzene rings is 1. The molecule has 0 atom stereocenters. The second-order valence-corrected chi connectivity index (χ2v) is 4.87. The third-order valence-electron chi connectivity index (χ3n) is 2.51. The topological polar surface area (TPSA) is 97.0 Å². The Bertz CT molecular complexity index is 664. The third-order valence-corrected chi connectivity index (χ3v) is 2.51. The van der Waals surface area contributed by atoms with Crippen LogP contribution in [-0.2, 0) is 4.74 Å². The second-order valence-electron chi connectivity index (χ2n) is 4.87. The summed E-state index contributed by atoms with van der Waals surface area (Å²) in [4.78, 5) is 26.5. The minimum Gasteiger partial charge on any atom is -0.462 e. The zero-order valence-corrected chi connectivity index (χ0v) is 11.8. The zero-order chi connectivity index (χ0) is 15.2. The number of aromatic amines is 1. The highest BCUT2D eigenvalue weighted by atomic mass is 16.5. The summed E-state index contributed by atoms with van der Waals surface area (Å²) in [5, 5.41) is 8.73. The lowest BCUT2D eigenvalue weighted by Gasteiger charge is -2.08. The highest BCUT2D eigenvalue weighted by Gasteiger charge is 2.08. The van der Waals surface area contributed by atoms with E-state index in [0.717, 1.165) is 0 Å². The molecule has 7 nitrogen and oxygen atoms in total. The Kier molecular flexibility index (Phi) is 4.65. The number of aromatic nitrogens is 3. The van der Waals surface area contributed by atoms with Crippen molar-refractivity contribution in [3.63, 3.8) is 0 Å². The molecule has 1 aromatic heterocycles. The van der Waals surface area contributed by atoms with E-state index in [4.69, 9.17) is 4.74 Å². The Morgan fingerprint density at radius 1 is 1.33 bits per heavy atom. The summed E-state index contributed by atoms with van der Waals surface area (Å²) in [7, 11) is 0. The number of esters is 1. The van der Waals surface area contributed by atoms with Crippen LogP contribution in [-0.4, -0.2) is 27.8 Å². The maximum absolute atomic E-state index is 11.8. The van der Waals surface area contributed by atoms with Gasteiger partial charge >= 0.3 is 11.7 Å². The lowest BCUT2D eigenvalue weighted by atomic mass is 10.2. The van der Waals surface area contributed by atoms with Gasteiger partial charge in [-0.05, 0) is 30.2 Å². The maximum atomic E-state index is 11.8. The Hall–Kier alpha value is -2.70. The van der Waals surface area contributed by atoms with Gasteiger partial charge in [0.15, 0.2) is 5.82 Å². The van der Waals surface area contributed by atoms with E-state index in [1.807, 2.05) is 13.8 Å². The van der Waals surface area contributed by atoms with Crippen molar-refractivity contribution in [3.05, 3.63) is 46.5 Å². The van der Waals surface area contributed by atoms with E-state index in [9.17, 15) is 9.59 Å². The normalized spacial score (nSPS) is 10.4. The first-order chi connectivity index (χ1) is 10.0. The van der Waals surface area contributed by atoms with Gasteiger partial charge in [0.25, 0.3) is 0 Å². The van der Waals surface area contributed by atoms with E-state index in [0.29, 0.717) is 29.6 Å². The molecule has 0 spiro atoms. The van der Waals surface area contributed by atoms with E-state index in [1.165, 1.54) is 6.20 Å². The van der Waals surface area contributed by atoms with Crippen LogP contribution in [0.1, 0.15) is 24.2 Å². The zero-order valence-electron chi connectivity index (χ0n) is 11.8. The quantitative estimate of drug-likeness (QED) is 0.813. The van der Waals surface area contributed by atoms with Gasteiger partial charge in [0.05, 0.1) is 18.4 Å². The van der Waals surface area contributed by atoms with Crippen molar-refractivity contribution in [1.29, 1.82) is 0 Å². The average molecular weight is 288 g/mol. The summed E-state index contributed by atoms with van der Waals surface area (Å²) in [5.41, 5.74) is 0.627. The van der Waals surface area contributed by atoms with E-state index in [2.05, 4.69) is 20.5 Å². The second kappa shape index (κ2) is 6.65. The first-order valence-electron chi connectivity index (χ1n) is 6.50. The standard InChI is InChI=1S/C14H16N4O3/c1-9(2)8-21-13(19)10-3-5-11(6-4-10)16-12-7-15-18-14(20)17-12/h3-7,9H,8H2,1-2H3,(H2,16,17,18,20). The summed E-state index contributed by atoms with van der Waals surface area (Å²) in [6.07, 6.45) is 1.40. The molecular weight excluding hydrogens is 272 g/mol. The fourth-order valence-electron chi connectivity index (χ4n) is 1.54. The highest BCUT2D eigenvalue weighted by Crippen LogP contribution is 2.14. The number of anilines is 2. The van der Waals surface area contributed by atoms with Crippen LogP contribution in [0.3, 0.4) is 0 Å². The summed E-state index contributed by atoms with van der Waals surface area (Å²) in [6.45, 7) is 4.34. The van der Waals surface area contributed by atoms with Crippen LogP contribution in [0.2, 0.25) is 0 Å². The van der Waals surface area contributed by atoms with Gasteiger partial charge in [0.1, 0.15) is 0 Å². The molecule has 0 aliphatic carbocycles. The van der Waals surface area contributed by atoms with E-state index in [-0.39, 0.29) is 5.97 Å². The molecule has 21 heavy (non-hydrogen) atoms. The third kappa shape index (κ3) is 4.41. The molecule has 0 unspecified atom stereocenters.